The topological polar surface area (TPSA) is 106 Å². The SMILES string of the molecule is CN1CC=C(c2c(C(N)=O)sc(C(F)F)c2C2CCCN(c3cc(Br)n4ncnc(N)c34)C2)CC1. The Labute approximate surface area is 213 Å². The lowest BCUT2D eigenvalue weighted by atomic mass is 9.83. The van der Waals surface area contributed by atoms with E-state index in [1.165, 1.54) is 6.33 Å². The molecule has 0 bridgehead atoms. The van der Waals surface area contributed by atoms with Crippen LogP contribution in [-0.2, 0) is 0 Å². The minimum Gasteiger partial charge on any atom is -0.382 e. The first-order valence-corrected chi connectivity index (χ1v) is 13.0. The summed E-state index contributed by atoms with van der Waals surface area (Å²) in [6.07, 6.45) is 2.97. The first kappa shape index (κ1) is 24.1. The third-order valence-electron chi connectivity index (χ3n) is 6.82. The van der Waals surface area contributed by atoms with Crippen LogP contribution in [-0.4, -0.2) is 58.6 Å². The normalized spacial score (nSPS) is 19.5. The largest absolute Gasteiger partial charge is 0.382 e. The van der Waals surface area contributed by atoms with Gasteiger partial charge in [-0.15, -0.1) is 11.3 Å². The Morgan fingerprint density at radius 1 is 1.34 bits per heavy atom. The lowest BCUT2D eigenvalue weighted by Gasteiger charge is -2.35. The minimum absolute atomic E-state index is 0.0498. The van der Waals surface area contributed by atoms with Crippen molar-refractivity contribution >= 4 is 55.8 Å². The maximum Gasteiger partial charge on any atom is 0.273 e. The van der Waals surface area contributed by atoms with E-state index in [0.717, 1.165) is 53.1 Å². The average Bonchev–Trinajstić information content (AvgIpc) is 3.40. The second kappa shape index (κ2) is 9.47. The van der Waals surface area contributed by atoms with Crippen molar-refractivity contribution in [3.63, 3.8) is 0 Å². The monoisotopic (exact) mass is 565 g/mol. The molecule has 5 rings (SSSR count). The van der Waals surface area contributed by atoms with E-state index in [9.17, 15) is 13.6 Å². The summed E-state index contributed by atoms with van der Waals surface area (Å²) in [6.45, 7) is 2.75. The number of halogens is 3. The second-order valence-electron chi connectivity index (χ2n) is 9.03. The molecule has 5 heterocycles. The summed E-state index contributed by atoms with van der Waals surface area (Å²) >= 11 is 4.37. The van der Waals surface area contributed by atoms with Gasteiger partial charge in [0, 0.05) is 37.7 Å². The van der Waals surface area contributed by atoms with E-state index in [1.54, 1.807) is 4.52 Å². The van der Waals surface area contributed by atoms with Crippen molar-refractivity contribution in [1.82, 2.24) is 19.5 Å². The molecule has 0 spiro atoms. The highest BCUT2D eigenvalue weighted by atomic mass is 79.9. The molecule has 1 saturated heterocycles. The standard InChI is InChI=1S/C23H26BrF2N7OS/c1-31-7-4-12(5-8-31)16-17(19(21(25)26)35-20(16)23(28)34)13-3-2-6-32(10-13)14-9-15(24)33-18(14)22(27)29-11-30-33/h4,9,11,13,21H,2-3,5-8,10H2,1H3,(H2,28,34)(H2,27,29,30). The molecule has 0 saturated carbocycles. The van der Waals surface area contributed by atoms with Gasteiger partial charge in [0.1, 0.15) is 16.4 Å². The van der Waals surface area contributed by atoms with Crippen LogP contribution in [0.15, 0.2) is 23.1 Å². The third-order valence-corrected chi connectivity index (χ3v) is 8.61. The number of alkyl halides is 2. The molecule has 8 nitrogen and oxygen atoms in total. The Morgan fingerprint density at radius 3 is 2.83 bits per heavy atom. The van der Waals surface area contributed by atoms with Gasteiger partial charge in [0.05, 0.1) is 15.4 Å². The molecule has 1 fully saturated rings. The van der Waals surface area contributed by atoms with E-state index >= 15 is 0 Å². The molecule has 1 atom stereocenters. The van der Waals surface area contributed by atoms with Crippen molar-refractivity contribution < 1.29 is 13.6 Å². The fourth-order valence-electron chi connectivity index (χ4n) is 5.20. The van der Waals surface area contributed by atoms with Gasteiger partial charge in [-0.25, -0.2) is 18.3 Å². The highest BCUT2D eigenvalue weighted by Gasteiger charge is 2.35. The predicted molar refractivity (Wildman–Crippen MR) is 137 cm³/mol. The zero-order chi connectivity index (χ0) is 24.9. The molecule has 0 aliphatic carbocycles. The number of carbonyl (C=O) groups excluding carboxylic acids is 1. The van der Waals surface area contributed by atoms with E-state index in [1.807, 2.05) is 19.2 Å². The number of aromatic nitrogens is 3. The number of hydrogen-bond donors (Lipinski definition) is 2. The van der Waals surface area contributed by atoms with Gasteiger partial charge >= 0.3 is 0 Å². The predicted octanol–water partition coefficient (Wildman–Crippen LogP) is 4.27. The molecular formula is C23H26BrF2N7OS. The van der Waals surface area contributed by atoms with E-state index in [4.69, 9.17) is 11.5 Å². The number of thiophene rings is 1. The first-order valence-electron chi connectivity index (χ1n) is 11.4. The summed E-state index contributed by atoms with van der Waals surface area (Å²) in [5.41, 5.74) is 15.5. The number of hydrogen-bond acceptors (Lipinski definition) is 7. The van der Waals surface area contributed by atoms with Gasteiger partial charge in [-0.2, -0.15) is 5.10 Å². The summed E-state index contributed by atoms with van der Waals surface area (Å²) in [5, 5.41) is 4.27. The van der Waals surface area contributed by atoms with Crippen LogP contribution in [0.5, 0.6) is 0 Å². The van der Waals surface area contributed by atoms with Crippen molar-refractivity contribution in [2.45, 2.75) is 31.6 Å². The van der Waals surface area contributed by atoms with Gasteiger partial charge in [0.25, 0.3) is 12.3 Å². The fourth-order valence-corrected chi connectivity index (χ4v) is 6.82. The van der Waals surface area contributed by atoms with Gasteiger partial charge < -0.3 is 21.3 Å². The molecule has 12 heteroatoms. The Hall–Kier alpha value is -2.57. The van der Waals surface area contributed by atoms with Crippen molar-refractivity contribution in [2.75, 3.05) is 43.9 Å². The lowest BCUT2D eigenvalue weighted by molar-refractivity contribution is 0.100. The smallest absolute Gasteiger partial charge is 0.273 e. The molecule has 0 aromatic carbocycles. The van der Waals surface area contributed by atoms with E-state index in [2.05, 4.69) is 35.8 Å². The highest BCUT2D eigenvalue weighted by molar-refractivity contribution is 9.10. The van der Waals surface area contributed by atoms with Crippen LogP contribution in [0.3, 0.4) is 0 Å². The summed E-state index contributed by atoms with van der Waals surface area (Å²) < 4.78 is 31.1. The number of piperidine rings is 1. The molecule has 186 valence electrons. The number of carbonyl (C=O) groups is 1. The Morgan fingerprint density at radius 2 is 2.14 bits per heavy atom. The van der Waals surface area contributed by atoms with Gasteiger partial charge in [0.15, 0.2) is 5.82 Å². The third kappa shape index (κ3) is 4.31. The number of rotatable bonds is 5. The Bertz CT molecular complexity index is 1320. The molecule has 35 heavy (non-hydrogen) atoms. The molecule has 3 aromatic rings. The van der Waals surface area contributed by atoms with E-state index in [0.29, 0.717) is 42.0 Å². The van der Waals surface area contributed by atoms with Crippen LogP contribution in [0, 0.1) is 0 Å². The van der Waals surface area contributed by atoms with Crippen LogP contribution in [0.2, 0.25) is 0 Å². The number of nitrogen functional groups attached to an aromatic ring is 1. The number of nitrogens with two attached hydrogens (primary N) is 2. The average molecular weight is 566 g/mol. The molecule has 2 aliphatic heterocycles. The van der Waals surface area contributed by atoms with Crippen LogP contribution < -0.4 is 16.4 Å². The number of amides is 1. The van der Waals surface area contributed by atoms with E-state index in [-0.39, 0.29) is 15.7 Å². The van der Waals surface area contributed by atoms with Gasteiger partial charge in [-0.1, -0.05) is 6.08 Å². The van der Waals surface area contributed by atoms with Gasteiger partial charge in [0.2, 0.25) is 0 Å². The van der Waals surface area contributed by atoms with Crippen molar-refractivity contribution in [3.05, 3.63) is 44.0 Å². The number of primary amides is 1. The number of fused-ring (bicyclic) bond motifs is 1. The summed E-state index contributed by atoms with van der Waals surface area (Å²) in [6, 6.07) is 1.93. The number of nitrogens with zero attached hydrogens (tertiary/aromatic N) is 5. The first-order chi connectivity index (χ1) is 16.8. The van der Waals surface area contributed by atoms with E-state index < -0.39 is 12.3 Å². The zero-order valence-electron chi connectivity index (χ0n) is 19.2. The quantitative estimate of drug-likeness (QED) is 0.478. The Kier molecular flexibility index (Phi) is 6.53. The van der Waals surface area contributed by atoms with Crippen molar-refractivity contribution in [2.24, 2.45) is 5.73 Å². The second-order valence-corrected chi connectivity index (χ2v) is 10.9. The van der Waals surface area contributed by atoms with Crippen molar-refractivity contribution in [1.29, 1.82) is 0 Å². The van der Waals surface area contributed by atoms with Gasteiger partial charge in [-0.05, 0) is 59.4 Å². The van der Waals surface area contributed by atoms with Crippen LogP contribution in [0.25, 0.3) is 11.1 Å². The molecular weight excluding hydrogens is 540 g/mol. The Balaban J connectivity index is 1.60. The lowest BCUT2D eigenvalue weighted by Crippen LogP contribution is -2.35. The van der Waals surface area contributed by atoms with Crippen molar-refractivity contribution in [3.8, 4) is 0 Å². The maximum atomic E-state index is 14.3. The summed E-state index contributed by atoms with van der Waals surface area (Å²) in [7, 11) is 2.01. The summed E-state index contributed by atoms with van der Waals surface area (Å²) in [5.74, 6) is -0.495. The number of anilines is 2. The summed E-state index contributed by atoms with van der Waals surface area (Å²) in [4.78, 5) is 21.0. The van der Waals surface area contributed by atoms with Crippen LogP contribution in [0.4, 0.5) is 20.3 Å². The molecule has 2 aliphatic rings. The van der Waals surface area contributed by atoms with Gasteiger partial charge in [-0.3, -0.25) is 4.79 Å². The maximum absolute atomic E-state index is 14.3. The number of likely N-dealkylation sites (N-methyl/N-ethyl adjacent to an activating group) is 1. The molecule has 1 amide bonds. The molecule has 4 N–H and O–H groups in total. The van der Waals surface area contributed by atoms with Crippen LogP contribution >= 0.6 is 27.3 Å². The fraction of sp³-hybridized carbons (Fsp3) is 0.435. The molecule has 0 radical (unpaired) electrons. The minimum atomic E-state index is -2.68. The zero-order valence-corrected chi connectivity index (χ0v) is 21.6. The highest BCUT2D eigenvalue weighted by Crippen LogP contribution is 2.47. The van der Waals surface area contributed by atoms with Crippen LogP contribution in [0.1, 0.15) is 57.3 Å². The molecule has 1 unspecified atom stereocenters. The molecule has 3 aromatic heterocycles.